The molecule has 6 rings (SSSR count). The number of hydrogen-bond acceptors (Lipinski definition) is 9. The first-order valence-electron chi connectivity index (χ1n) is 12.4. The van der Waals surface area contributed by atoms with E-state index in [1.807, 2.05) is 22.6 Å². The van der Waals surface area contributed by atoms with Crippen LogP contribution in [0.3, 0.4) is 0 Å². The van der Waals surface area contributed by atoms with E-state index < -0.39 is 17.9 Å². The molecule has 3 aromatic carbocycles. The van der Waals surface area contributed by atoms with Gasteiger partial charge in [0.05, 0.1) is 47.2 Å². The molecule has 0 unspecified atom stereocenters. The summed E-state index contributed by atoms with van der Waals surface area (Å²) >= 11 is 19.0. The van der Waals surface area contributed by atoms with Crippen LogP contribution in [-0.2, 0) is 0 Å². The van der Waals surface area contributed by atoms with Gasteiger partial charge in [0.2, 0.25) is 0 Å². The Morgan fingerprint density at radius 2 is 1.15 bits per heavy atom. The summed E-state index contributed by atoms with van der Waals surface area (Å²) < 4.78 is 2.07. The maximum Gasteiger partial charge on any atom is 0.338 e. The van der Waals surface area contributed by atoms with Gasteiger partial charge in [0, 0.05) is 31.1 Å². The molecule has 3 N–H and O–H groups in total. The van der Waals surface area contributed by atoms with Gasteiger partial charge in [0.25, 0.3) is 0 Å². The van der Waals surface area contributed by atoms with Gasteiger partial charge in [-0.25, -0.2) is 19.1 Å². The number of carboxylic acid groups (broad SMARTS) is 3. The van der Waals surface area contributed by atoms with Crippen molar-refractivity contribution in [2.45, 2.75) is 0 Å². The van der Waals surface area contributed by atoms with Crippen molar-refractivity contribution in [1.29, 1.82) is 0 Å². The first kappa shape index (κ1) is 35.8. The van der Waals surface area contributed by atoms with Crippen LogP contribution in [-0.4, -0.2) is 82.3 Å². The fraction of sp³-hybridized carbons (Fsp3) is 0.0357. The van der Waals surface area contributed by atoms with E-state index in [4.69, 9.17) is 50.1 Å². The summed E-state index contributed by atoms with van der Waals surface area (Å²) in [4.78, 5) is 41.1. The van der Waals surface area contributed by atoms with Gasteiger partial charge in [-0.05, 0) is 77.2 Å². The van der Waals surface area contributed by atoms with Crippen LogP contribution in [0.5, 0.6) is 0 Å². The molecule has 236 valence electrons. The van der Waals surface area contributed by atoms with Crippen LogP contribution in [0.15, 0.2) is 89.4 Å². The monoisotopic (exact) mass is 796 g/mol. The van der Waals surface area contributed by atoms with E-state index in [1.165, 1.54) is 46.3 Å². The quantitative estimate of drug-likeness (QED) is 0.178. The summed E-state index contributed by atoms with van der Waals surface area (Å²) in [5.41, 5.74) is 1.23. The molecule has 3 heterocycles. The number of nitrogens with zero attached hydrogens (tertiary/aromatic N) is 8. The number of benzene rings is 3. The number of carbonyl (C=O) groups is 3. The maximum absolute atomic E-state index is 10.9. The van der Waals surface area contributed by atoms with Crippen LogP contribution in [0.1, 0.15) is 31.1 Å². The molecule has 14 nitrogen and oxygen atoms in total. The molecule has 46 heavy (non-hydrogen) atoms. The Bertz CT molecular complexity index is 1770. The van der Waals surface area contributed by atoms with Crippen molar-refractivity contribution in [2.24, 2.45) is 9.98 Å². The summed E-state index contributed by atoms with van der Waals surface area (Å²) in [5, 5.41) is 42.8. The third-order valence-electron chi connectivity index (χ3n) is 5.28. The zero-order valence-corrected chi connectivity index (χ0v) is 27.4. The number of carboxylic acids is 3. The normalized spacial score (nSPS) is 10.9. The molecule has 5 aromatic rings. The topological polar surface area (TPSA) is 198 Å². The lowest BCUT2D eigenvalue weighted by Crippen LogP contribution is -2.07. The van der Waals surface area contributed by atoms with Gasteiger partial charge in [0.15, 0.2) is 0 Å². The van der Waals surface area contributed by atoms with Crippen LogP contribution < -0.4 is 0 Å². The van der Waals surface area contributed by atoms with Crippen molar-refractivity contribution < 1.29 is 29.7 Å². The first-order valence-corrected chi connectivity index (χ1v) is 14.6. The molecule has 0 atom stereocenters. The van der Waals surface area contributed by atoms with Gasteiger partial charge in [-0.2, -0.15) is 15.0 Å². The van der Waals surface area contributed by atoms with Crippen LogP contribution in [0, 0.1) is 3.57 Å². The highest BCUT2D eigenvalue weighted by atomic mass is 127. The minimum absolute atomic E-state index is 0.0682. The number of aromatic carboxylic acids is 3. The molecular formula is C28H20Cl3IN8O6. The number of rotatable bonds is 5. The molecule has 0 spiro atoms. The second-order valence-electron chi connectivity index (χ2n) is 8.33. The molecule has 1 aliphatic heterocycles. The molecule has 1 aliphatic rings. The highest BCUT2D eigenvalue weighted by Gasteiger charge is 2.14. The average molecular weight is 798 g/mol. The Morgan fingerprint density at radius 1 is 0.674 bits per heavy atom. The minimum Gasteiger partial charge on any atom is -0.478 e. The summed E-state index contributed by atoms with van der Waals surface area (Å²) in [6.07, 6.45) is 9.37. The molecular weight excluding hydrogens is 778 g/mol. The van der Waals surface area contributed by atoms with Gasteiger partial charge in [-0.15, -0.1) is 5.10 Å². The number of aromatic nitrogens is 6. The number of halogens is 4. The van der Waals surface area contributed by atoms with Gasteiger partial charge in [-0.1, -0.05) is 40.0 Å². The molecule has 0 radical (unpaired) electrons. The molecule has 0 bridgehead atoms. The molecule has 0 fully saturated rings. The predicted octanol–water partition coefficient (Wildman–Crippen LogP) is 5.98. The van der Waals surface area contributed by atoms with Crippen molar-refractivity contribution >= 4 is 87.7 Å². The van der Waals surface area contributed by atoms with Crippen LogP contribution in [0.25, 0.3) is 11.4 Å². The van der Waals surface area contributed by atoms with Crippen molar-refractivity contribution in [1.82, 2.24) is 30.0 Å². The zero-order valence-electron chi connectivity index (χ0n) is 23.0. The van der Waals surface area contributed by atoms with E-state index in [0.29, 0.717) is 36.7 Å². The Kier molecular flexibility index (Phi) is 13.8. The van der Waals surface area contributed by atoms with Gasteiger partial charge >= 0.3 is 17.9 Å². The van der Waals surface area contributed by atoms with E-state index in [1.54, 1.807) is 55.0 Å². The Morgan fingerprint density at radius 3 is 1.59 bits per heavy atom. The molecule has 2 aromatic heterocycles. The van der Waals surface area contributed by atoms with E-state index in [-0.39, 0.29) is 16.7 Å². The third kappa shape index (κ3) is 10.7. The van der Waals surface area contributed by atoms with E-state index >= 15 is 0 Å². The lowest BCUT2D eigenvalue weighted by molar-refractivity contribution is 0.0685. The molecule has 0 saturated carbocycles. The maximum atomic E-state index is 10.9. The fourth-order valence-electron chi connectivity index (χ4n) is 3.31. The fourth-order valence-corrected chi connectivity index (χ4v) is 4.39. The first-order chi connectivity index (χ1) is 22.0. The van der Waals surface area contributed by atoms with Crippen molar-refractivity contribution in [3.05, 3.63) is 115 Å². The van der Waals surface area contributed by atoms with Gasteiger partial charge in [-0.3, -0.25) is 9.98 Å². The SMILES string of the molecule is C1=NCN=C1.O=C(O)c1cc(Cl)ccc1-n1ccnn1.O=C(O)c1cc(Cl)ccc1-n1nccn1.O=C(O)c1cc(Cl)ccc1I. The molecule has 0 aliphatic carbocycles. The zero-order chi connectivity index (χ0) is 33.6. The van der Waals surface area contributed by atoms with Crippen molar-refractivity contribution in [3.8, 4) is 11.4 Å². The second-order valence-corrected chi connectivity index (χ2v) is 10.8. The largest absolute Gasteiger partial charge is 0.478 e. The Hall–Kier alpha value is -4.71. The standard InChI is InChI=1S/2C9H6ClN3O2.C7H4ClIO2.C3H4N2/c10-6-1-2-8(7(5-6)9(14)15)13-4-3-11-12-13;10-6-1-2-8(7(5-6)9(14)15)13-11-3-4-12-13;8-4-1-2-6(9)5(3-4)7(10)11;1-2-5-3-4-1/h2*1-5H,(H,14,15);1-3H,(H,10,11);1-2H,3H2. The highest BCUT2D eigenvalue weighted by molar-refractivity contribution is 14.1. The summed E-state index contributed by atoms with van der Waals surface area (Å²) in [6, 6.07) is 13.8. The number of aliphatic imine (C=N–C) groups is 2. The molecule has 0 amide bonds. The Balaban J connectivity index is 0.000000176. The third-order valence-corrected chi connectivity index (χ3v) is 6.93. The lowest BCUT2D eigenvalue weighted by atomic mass is 10.2. The number of hydrogen-bond donors (Lipinski definition) is 3. The highest BCUT2D eigenvalue weighted by Crippen LogP contribution is 2.20. The lowest BCUT2D eigenvalue weighted by Gasteiger charge is -2.04. The van der Waals surface area contributed by atoms with E-state index in [2.05, 4.69) is 30.5 Å². The van der Waals surface area contributed by atoms with Crippen LogP contribution in [0.4, 0.5) is 0 Å². The summed E-state index contributed by atoms with van der Waals surface area (Å²) in [5.74, 6) is -3.07. The van der Waals surface area contributed by atoms with Gasteiger partial charge < -0.3 is 15.3 Å². The van der Waals surface area contributed by atoms with E-state index in [9.17, 15) is 14.4 Å². The molecule has 0 saturated heterocycles. The van der Waals surface area contributed by atoms with Gasteiger partial charge in [0.1, 0.15) is 12.4 Å². The Labute approximate surface area is 288 Å². The van der Waals surface area contributed by atoms with Crippen LogP contribution in [0.2, 0.25) is 15.1 Å². The van der Waals surface area contributed by atoms with Crippen molar-refractivity contribution in [3.63, 3.8) is 0 Å². The smallest absolute Gasteiger partial charge is 0.338 e. The molecule has 18 heteroatoms. The van der Waals surface area contributed by atoms with E-state index in [0.717, 1.165) is 0 Å². The predicted molar refractivity (Wildman–Crippen MR) is 180 cm³/mol. The van der Waals surface area contributed by atoms with Crippen LogP contribution >= 0.6 is 57.4 Å². The average Bonchev–Trinajstić information content (AvgIpc) is 3.84. The second kappa shape index (κ2) is 17.7. The minimum atomic E-state index is -1.06. The summed E-state index contributed by atoms with van der Waals surface area (Å²) in [7, 11) is 0. The van der Waals surface area contributed by atoms with Crippen molar-refractivity contribution in [2.75, 3.05) is 6.67 Å². The summed E-state index contributed by atoms with van der Waals surface area (Å²) in [6.45, 7) is 0.639.